The lowest BCUT2D eigenvalue weighted by Crippen LogP contribution is -2.40. The minimum Gasteiger partial charge on any atom is -0.465 e. The minimum atomic E-state index is -1.59. The molecule has 5 heteroatoms. The highest BCUT2D eigenvalue weighted by atomic mass is 16.5. The lowest BCUT2D eigenvalue weighted by Gasteiger charge is -2.32. The monoisotopic (exact) mass is 337 g/mol. The van der Waals surface area contributed by atoms with E-state index < -0.39 is 29.1 Å². The van der Waals surface area contributed by atoms with Crippen LogP contribution in [0.25, 0.3) is 0 Å². The molecule has 1 fully saturated rings. The van der Waals surface area contributed by atoms with Crippen LogP contribution < -0.4 is 4.90 Å². The van der Waals surface area contributed by atoms with Gasteiger partial charge >= 0.3 is 5.97 Å². The van der Waals surface area contributed by atoms with Crippen molar-refractivity contribution in [2.75, 3.05) is 11.5 Å². The first kappa shape index (κ1) is 16.9. The Hall–Kier alpha value is -2.95. The topological polar surface area (TPSA) is 63.7 Å². The van der Waals surface area contributed by atoms with Crippen LogP contribution >= 0.6 is 0 Å². The van der Waals surface area contributed by atoms with Gasteiger partial charge in [0.15, 0.2) is 5.41 Å². The predicted molar refractivity (Wildman–Crippen MR) is 92.9 cm³/mol. The first-order valence-electron chi connectivity index (χ1n) is 8.17. The van der Waals surface area contributed by atoms with E-state index in [2.05, 4.69) is 0 Å². The Morgan fingerprint density at radius 2 is 1.60 bits per heavy atom. The van der Waals surface area contributed by atoms with E-state index >= 15 is 0 Å². The number of ether oxygens (including phenoxy) is 1. The molecule has 0 bridgehead atoms. The van der Waals surface area contributed by atoms with Crippen molar-refractivity contribution in [2.24, 2.45) is 5.41 Å². The summed E-state index contributed by atoms with van der Waals surface area (Å²) in [5, 5.41) is 0. The van der Waals surface area contributed by atoms with Gasteiger partial charge in [0.25, 0.3) is 5.91 Å². The smallest absolute Gasteiger partial charge is 0.322 e. The molecule has 0 aromatic heterocycles. The van der Waals surface area contributed by atoms with Gasteiger partial charge in [-0.1, -0.05) is 48.5 Å². The summed E-state index contributed by atoms with van der Waals surface area (Å²) < 4.78 is 5.14. The van der Waals surface area contributed by atoms with E-state index in [0.29, 0.717) is 11.3 Å². The maximum Gasteiger partial charge on any atom is 0.322 e. The van der Waals surface area contributed by atoms with E-state index in [1.807, 2.05) is 36.4 Å². The molecule has 1 saturated heterocycles. The number of Topliss-reactive ketones (excluding diaryl/α,β-unsaturated/α-hetero) is 1. The third kappa shape index (κ3) is 2.61. The number of hydrogen-bond donors (Lipinski definition) is 0. The summed E-state index contributed by atoms with van der Waals surface area (Å²) >= 11 is 0. The van der Waals surface area contributed by atoms with E-state index in [-0.39, 0.29) is 6.61 Å². The summed E-state index contributed by atoms with van der Waals surface area (Å²) in [6, 6.07) is 17.2. The average Bonchev–Trinajstić information content (AvgIpc) is 2.85. The first-order chi connectivity index (χ1) is 12.0. The molecule has 0 radical (unpaired) electrons. The molecule has 0 spiro atoms. The Labute approximate surface area is 146 Å². The average molecular weight is 337 g/mol. The van der Waals surface area contributed by atoms with Crippen molar-refractivity contribution in [1.29, 1.82) is 0 Å². The SMILES string of the molecule is CCOC(=O)[C@@]1(C)C(=O)C(=O)N(c2ccccc2)[C@H]1c1ccccc1. The summed E-state index contributed by atoms with van der Waals surface area (Å²) in [6.07, 6.45) is 0. The zero-order valence-electron chi connectivity index (χ0n) is 14.1. The van der Waals surface area contributed by atoms with Crippen LogP contribution in [-0.4, -0.2) is 24.3 Å². The van der Waals surface area contributed by atoms with E-state index in [1.165, 1.54) is 11.8 Å². The third-order valence-corrected chi connectivity index (χ3v) is 4.54. The van der Waals surface area contributed by atoms with E-state index in [0.717, 1.165) is 0 Å². The van der Waals surface area contributed by atoms with Gasteiger partial charge in [0, 0.05) is 5.69 Å². The summed E-state index contributed by atoms with van der Waals surface area (Å²) in [5.74, 6) is -2.13. The molecule has 25 heavy (non-hydrogen) atoms. The normalized spacial score (nSPS) is 23.0. The van der Waals surface area contributed by atoms with Crippen LogP contribution in [0.5, 0.6) is 0 Å². The fourth-order valence-corrected chi connectivity index (χ4v) is 3.29. The van der Waals surface area contributed by atoms with Crippen LogP contribution in [0.2, 0.25) is 0 Å². The molecule has 128 valence electrons. The zero-order valence-corrected chi connectivity index (χ0v) is 14.1. The van der Waals surface area contributed by atoms with E-state index in [9.17, 15) is 14.4 Å². The zero-order chi connectivity index (χ0) is 18.0. The molecule has 1 aliphatic rings. The number of benzene rings is 2. The van der Waals surface area contributed by atoms with Crippen molar-refractivity contribution >= 4 is 23.3 Å². The van der Waals surface area contributed by atoms with E-state index in [1.54, 1.807) is 31.2 Å². The van der Waals surface area contributed by atoms with Gasteiger partial charge in [-0.25, -0.2) is 0 Å². The molecular weight excluding hydrogens is 318 g/mol. The Kier molecular flexibility index (Phi) is 4.40. The molecule has 1 aliphatic heterocycles. The molecule has 0 N–H and O–H groups in total. The second-order valence-electron chi connectivity index (χ2n) is 6.08. The highest BCUT2D eigenvalue weighted by Gasteiger charge is 2.62. The molecule has 0 saturated carbocycles. The quantitative estimate of drug-likeness (QED) is 0.489. The Morgan fingerprint density at radius 1 is 1.04 bits per heavy atom. The number of rotatable bonds is 4. The number of para-hydroxylation sites is 1. The number of carbonyl (C=O) groups is 3. The number of ketones is 1. The standard InChI is InChI=1S/C20H19NO4/c1-3-25-19(24)20(2)16(14-10-6-4-7-11-14)21(18(23)17(20)22)15-12-8-5-9-13-15/h4-13,16H,3H2,1-2H3/t16-,20+/m0/s1. The highest BCUT2D eigenvalue weighted by molar-refractivity contribution is 6.49. The van der Waals surface area contributed by atoms with Gasteiger partial charge in [-0.3, -0.25) is 19.3 Å². The Bertz CT molecular complexity index is 803. The minimum absolute atomic E-state index is 0.142. The number of amides is 1. The Balaban J connectivity index is 2.20. The molecule has 2 aromatic rings. The number of hydrogen-bond acceptors (Lipinski definition) is 4. The van der Waals surface area contributed by atoms with Crippen molar-refractivity contribution < 1.29 is 19.1 Å². The van der Waals surface area contributed by atoms with Gasteiger partial charge in [0.05, 0.1) is 12.6 Å². The van der Waals surface area contributed by atoms with Gasteiger partial charge in [-0.15, -0.1) is 0 Å². The molecule has 0 aliphatic carbocycles. The lowest BCUT2D eigenvalue weighted by atomic mass is 9.78. The summed E-state index contributed by atoms with van der Waals surface area (Å²) in [7, 11) is 0. The van der Waals surface area contributed by atoms with Gasteiger partial charge in [-0.2, -0.15) is 0 Å². The lowest BCUT2D eigenvalue weighted by molar-refractivity contribution is -0.159. The van der Waals surface area contributed by atoms with Crippen molar-refractivity contribution in [2.45, 2.75) is 19.9 Å². The van der Waals surface area contributed by atoms with Crippen LogP contribution in [-0.2, 0) is 19.1 Å². The number of carbonyl (C=O) groups excluding carboxylic acids is 3. The van der Waals surface area contributed by atoms with Crippen LogP contribution in [0.3, 0.4) is 0 Å². The summed E-state index contributed by atoms with van der Waals surface area (Å²) in [5.41, 5.74) is -0.312. The van der Waals surface area contributed by atoms with Gasteiger partial charge in [0.1, 0.15) is 0 Å². The van der Waals surface area contributed by atoms with Crippen molar-refractivity contribution in [3.63, 3.8) is 0 Å². The molecule has 3 rings (SSSR count). The molecular formula is C20H19NO4. The van der Waals surface area contributed by atoms with Crippen molar-refractivity contribution in [1.82, 2.24) is 0 Å². The van der Waals surface area contributed by atoms with Crippen LogP contribution in [0.4, 0.5) is 5.69 Å². The second kappa shape index (κ2) is 6.51. The maximum atomic E-state index is 12.8. The van der Waals surface area contributed by atoms with Gasteiger partial charge in [0.2, 0.25) is 5.78 Å². The van der Waals surface area contributed by atoms with Crippen LogP contribution in [0, 0.1) is 5.41 Å². The van der Waals surface area contributed by atoms with Crippen molar-refractivity contribution in [3.8, 4) is 0 Å². The van der Waals surface area contributed by atoms with E-state index in [4.69, 9.17) is 4.74 Å². The highest BCUT2D eigenvalue weighted by Crippen LogP contribution is 2.48. The number of anilines is 1. The largest absolute Gasteiger partial charge is 0.465 e. The fraction of sp³-hybridized carbons (Fsp3) is 0.250. The molecule has 0 unspecified atom stereocenters. The molecule has 1 amide bonds. The molecule has 2 atom stereocenters. The first-order valence-corrected chi connectivity index (χ1v) is 8.17. The Morgan fingerprint density at radius 3 is 2.16 bits per heavy atom. The number of esters is 1. The molecule has 2 aromatic carbocycles. The second-order valence-corrected chi connectivity index (χ2v) is 6.08. The predicted octanol–water partition coefficient (Wildman–Crippen LogP) is 2.91. The van der Waals surface area contributed by atoms with Crippen molar-refractivity contribution in [3.05, 3.63) is 66.2 Å². The molecule has 5 nitrogen and oxygen atoms in total. The molecule has 1 heterocycles. The van der Waals surface area contributed by atoms with Gasteiger partial charge in [-0.05, 0) is 31.5 Å². The fourth-order valence-electron chi connectivity index (χ4n) is 3.29. The summed E-state index contributed by atoms with van der Waals surface area (Å²) in [4.78, 5) is 39.7. The third-order valence-electron chi connectivity index (χ3n) is 4.54. The maximum absolute atomic E-state index is 12.8. The van der Waals surface area contributed by atoms with Gasteiger partial charge < -0.3 is 4.74 Å². The summed E-state index contributed by atoms with van der Waals surface area (Å²) in [6.45, 7) is 3.31. The number of nitrogens with zero attached hydrogens (tertiary/aromatic N) is 1. The van der Waals surface area contributed by atoms with Crippen LogP contribution in [0.1, 0.15) is 25.5 Å². The van der Waals surface area contributed by atoms with Crippen LogP contribution in [0.15, 0.2) is 60.7 Å².